The van der Waals surface area contributed by atoms with E-state index in [2.05, 4.69) is 22.2 Å². The van der Waals surface area contributed by atoms with E-state index in [-0.39, 0.29) is 18.4 Å². The van der Waals surface area contributed by atoms with Crippen LogP contribution in [0, 0.1) is 13.8 Å². The molecular formula is C36H35N5O2S. The van der Waals surface area contributed by atoms with Gasteiger partial charge in [-0.15, -0.1) is 11.3 Å². The summed E-state index contributed by atoms with van der Waals surface area (Å²) in [5.74, 6) is -0.249. The van der Waals surface area contributed by atoms with Crippen LogP contribution in [-0.2, 0) is 35.5 Å². The lowest BCUT2D eigenvalue weighted by atomic mass is 9.97. The predicted molar refractivity (Wildman–Crippen MR) is 174 cm³/mol. The normalized spacial score (nSPS) is 13.5. The van der Waals surface area contributed by atoms with Crippen LogP contribution in [0.2, 0.25) is 0 Å². The number of benzene rings is 3. The van der Waals surface area contributed by atoms with Gasteiger partial charge in [0.05, 0.1) is 21.3 Å². The second-order valence-corrected chi connectivity index (χ2v) is 12.3. The van der Waals surface area contributed by atoms with E-state index in [1.54, 1.807) is 33.2 Å². The molecule has 0 saturated carbocycles. The van der Waals surface area contributed by atoms with Crippen molar-refractivity contribution in [3.8, 4) is 5.69 Å². The highest BCUT2D eigenvalue weighted by Crippen LogP contribution is 2.24. The molecule has 0 aliphatic carbocycles. The smallest absolute Gasteiger partial charge is 0.247 e. The maximum Gasteiger partial charge on any atom is 0.247 e. The number of thiazole rings is 1. The zero-order valence-electron chi connectivity index (χ0n) is 25.0. The third-order valence-corrected chi connectivity index (χ3v) is 9.07. The molecule has 2 aromatic heterocycles. The number of aryl methyl sites for hydroxylation is 2. The van der Waals surface area contributed by atoms with Gasteiger partial charge in [0, 0.05) is 44.5 Å². The van der Waals surface area contributed by atoms with Gasteiger partial charge < -0.3 is 9.80 Å². The molecule has 1 aliphatic rings. The minimum absolute atomic E-state index is 0.0388. The van der Waals surface area contributed by atoms with Crippen LogP contribution < -0.4 is 0 Å². The molecule has 6 rings (SSSR count). The van der Waals surface area contributed by atoms with Crippen LogP contribution in [0.3, 0.4) is 0 Å². The molecule has 0 fully saturated rings. The van der Waals surface area contributed by atoms with Crippen LogP contribution in [-0.4, -0.2) is 49.0 Å². The number of rotatable bonds is 9. The van der Waals surface area contributed by atoms with Crippen molar-refractivity contribution in [1.29, 1.82) is 0 Å². The van der Waals surface area contributed by atoms with E-state index in [1.165, 1.54) is 5.56 Å². The molecule has 2 amide bonds. The second kappa shape index (κ2) is 13.2. The lowest BCUT2D eigenvalue weighted by Gasteiger charge is -2.37. The minimum Gasteiger partial charge on any atom is -0.336 e. The van der Waals surface area contributed by atoms with Gasteiger partial charge in [-0.1, -0.05) is 66.7 Å². The molecule has 8 heteroatoms. The van der Waals surface area contributed by atoms with Crippen LogP contribution >= 0.6 is 11.3 Å². The zero-order valence-corrected chi connectivity index (χ0v) is 25.8. The molecule has 0 bridgehead atoms. The third kappa shape index (κ3) is 6.71. The third-order valence-electron chi connectivity index (χ3n) is 8.03. The van der Waals surface area contributed by atoms with Crippen molar-refractivity contribution < 1.29 is 9.59 Å². The molecule has 44 heavy (non-hydrogen) atoms. The lowest BCUT2D eigenvalue weighted by Crippen LogP contribution is -2.52. The first-order chi connectivity index (χ1) is 21.4. The number of hydrogen-bond acceptors (Lipinski definition) is 5. The predicted octanol–water partition coefficient (Wildman–Crippen LogP) is 6.18. The Hall–Kier alpha value is -4.82. The summed E-state index contributed by atoms with van der Waals surface area (Å²) in [4.78, 5) is 37.7. The van der Waals surface area contributed by atoms with E-state index in [0.29, 0.717) is 19.5 Å². The molecule has 1 aliphatic heterocycles. The van der Waals surface area contributed by atoms with E-state index >= 15 is 0 Å². The average Bonchev–Trinajstić information content (AvgIpc) is 3.71. The zero-order chi connectivity index (χ0) is 30.5. The van der Waals surface area contributed by atoms with Gasteiger partial charge in [-0.05, 0) is 66.8 Å². The van der Waals surface area contributed by atoms with E-state index in [4.69, 9.17) is 0 Å². The first kappa shape index (κ1) is 29.3. The molecule has 5 aromatic rings. The van der Waals surface area contributed by atoms with Crippen molar-refractivity contribution in [2.24, 2.45) is 0 Å². The fourth-order valence-corrected chi connectivity index (χ4v) is 6.55. The molecular weight excluding hydrogens is 566 g/mol. The molecule has 1 atom stereocenters. The van der Waals surface area contributed by atoms with Crippen LogP contribution in [0.5, 0.6) is 0 Å². The first-order valence-corrected chi connectivity index (χ1v) is 15.7. The van der Waals surface area contributed by atoms with Gasteiger partial charge in [0.1, 0.15) is 6.04 Å². The van der Waals surface area contributed by atoms with Gasteiger partial charge in [0.2, 0.25) is 11.8 Å². The summed E-state index contributed by atoms with van der Waals surface area (Å²) in [5.41, 5.74) is 6.20. The fourth-order valence-electron chi connectivity index (χ4n) is 5.72. The van der Waals surface area contributed by atoms with Crippen LogP contribution in [0.4, 0.5) is 0 Å². The Morgan fingerprint density at radius 1 is 0.932 bits per heavy atom. The Labute approximate surface area is 262 Å². The SMILES string of the molecule is Cc1nc(C)c(C=CC(=O)N(Cc2ccc(-n3cccn3)cc2)[C@@H](Cc2ccccc2)C(=O)N2CCc3ccccc3C2)s1. The van der Waals surface area contributed by atoms with Crippen molar-refractivity contribution in [3.63, 3.8) is 0 Å². The number of fused-ring (bicyclic) bond motifs is 1. The summed E-state index contributed by atoms with van der Waals surface area (Å²) in [6.07, 6.45) is 8.27. The molecule has 0 spiro atoms. The molecule has 222 valence electrons. The quantitative estimate of drug-likeness (QED) is 0.189. The summed E-state index contributed by atoms with van der Waals surface area (Å²) < 4.78 is 1.80. The monoisotopic (exact) mass is 601 g/mol. The molecule has 3 aromatic carbocycles. The van der Waals surface area contributed by atoms with Gasteiger partial charge in [-0.25, -0.2) is 9.67 Å². The maximum absolute atomic E-state index is 14.5. The standard InChI is InChI=1S/C36H35N5O2S/c1-26-34(44-27(2)38-26)17-18-35(42)40(24-29-13-15-32(16-14-29)41-21-8-20-37-41)33(23-28-9-4-3-5-10-28)36(43)39-22-19-30-11-6-7-12-31(30)25-39/h3-18,20-21,33H,19,22-25H2,1-2H3/t33-/m0/s1. The topological polar surface area (TPSA) is 71.3 Å². The van der Waals surface area contributed by atoms with Crippen molar-refractivity contribution in [3.05, 3.63) is 141 Å². The Balaban J connectivity index is 1.35. The summed E-state index contributed by atoms with van der Waals surface area (Å²) in [5, 5.41) is 5.27. The lowest BCUT2D eigenvalue weighted by molar-refractivity contribution is -0.144. The average molecular weight is 602 g/mol. The van der Waals surface area contributed by atoms with E-state index in [9.17, 15) is 9.59 Å². The fraction of sp³-hybridized carbons (Fsp3) is 0.222. The van der Waals surface area contributed by atoms with Gasteiger partial charge in [-0.2, -0.15) is 5.10 Å². The van der Waals surface area contributed by atoms with Crippen molar-refractivity contribution in [1.82, 2.24) is 24.6 Å². The molecule has 0 saturated heterocycles. The minimum atomic E-state index is -0.685. The molecule has 3 heterocycles. The van der Waals surface area contributed by atoms with Gasteiger partial charge in [0.25, 0.3) is 0 Å². The Kier molecular flexibility index (Phi) is 8.79. The van der Waals surface area contributed by atoms with Gasteiger partial charge >= 0.3 is 0 Å². The summed E-state index contributed by atoms with van der Waals surface area (Å²) in [7, 11) is 0. The second-order valence-electron chi connectivity index (χ2n) is 11.1. The Morgan fingerprint density at radius 3 is 2.39 bits per heavy atom. The number of carbonyl (C=O) groups is 2. The van der Waals surface area contributed by atoms with Crippen LogP contribution in [0.25, 0.3) is 11.8 Å². The number of carbonyl (C=O) groups excluding carboxylic acids is 2. The van der Waals surface area contributed by atoms with E-state index in [1.807, 2.05) is 104 Å². The Bertz CT molecular complexity index is 1760. The largest absolute Gasteiger partial charge is 0.336 e. The highest BCUT2D eigenvalue weighted by Gasteiger charge is 2.34. The highest BCUT2D eigenvalue weighted by atomic mass is 32.1. The maximum atomic E-state index is 14.5. The van der Waals surface area contributed by atoms with Crippen molar-refractivity contribution in [2.75, 3.05) is 6.54 Å². The van der Waals surface area contributed by atoms with E-state index in [0.717, 1.165) is 44.4 Å². The van der Waals surface area contributed by atoms with Crippen molar-refractivity contribution in [2.45, 2.75) is 45.8 Å². The number of amides is 2. The number of nitrogens with zero attached hydrogens (tertiary/aromatic N) is 5. The van der Waals surface area contributed by atoms with Gasteiger partial charge in [-0.3, -0.25) is 9.59 Å². The molecule has 0 N–H and O–H groups in total. The summed E-state index contributed by atoms with van der Waals surface area (Å²) >= 11 is 1.55. The number of aromatic nitrogens is 3. The first-order valence-electron chi connectivity index (χ1n) is 14.9. The molecule has 7 nitrogen and oxygen atoms in total. The highest BCUT2D eigenvalue weighted by molar-refractivity contribution is 7.12. The van der Waals surface area contributed by atoms with Crippen LogP contribution in [0.15, 0.2) is 103 Å². The van der Waals surface area contributed by atoms with Crippen LogP contribution in [0.1, 0.15) is 37.8 Å². The molecule has 0 unspecified atom stereocenters. The van der Waals surface area contributed by atoms with Gasteiger partial charge in [0.15, 0.2) is 0 Å². The Morgan fingerprint density at radius 2 is 1.68 bits per heavy atom. The molecule has 0 radical (unpaired) electrons. The number of hydrogen-bond donors (Lipinski definition) is 0. The summed E-state index contributed by atoms with van der Waals surface area (Å²) in [6.45, 7) is 5.35. The van der Waals surface area contributed by atoms with E-state index < -0.39 is 6.04 Å². The van der Waals surface area contributed by atoms with Crippen molar-refractivity contribution >= 4 is 29.2 Å². The summed E-state index contributed by atoms with van der Waals surface area (Å²) in [6, 6.07) is 27.4.